The molecule has 4 aromatic rings. The van der Waals surface area contributed by atoms with Gasteiger partial charge in [-0.15, -0.1) is 5.10 Å². The smallest absolute Gasteiger partial charge is 0.179 e. The molecule has 27 heavy (non-hydrogen) atoms. The first kappa shape index (κ1) is 16.0. The van der Waals surface area contributed by atoms with Crippen molar-refractivity contribution >= 4 is 11.3 Å². The van der Waals surface area contributed by atoms with Crippen LogP contribution in [0.5, 0.6) is 0 Å². The SMILES string of the molecule is Cc1nc(-c2ccn[nH]2)n2nc(N3CCOCC3)cc(-c3ccnn3C)c12. The van der Waals surface area contributed by atoms with Crippen LogP contribution in [-0.4, -0.2) is 60.9 Å². The van der Waals surface area contributed by atoms with E-state index in [0.717, 1.165) is 52.9 Å². The van der Waals surface area contributed by atoms with E-state index in [-0.39, 0.29) is 0 Å². The highest BCUT2D eigenvalue weighted by molar-refractivity contribution is 5.83. The van der Waals surface area contributed by atoms with Crippen LogP contribution in [0.2, 0.25) is 0 Å². The van der Waals surface area contributed by atoms with E-state index in [1.54, 1.807) is 6.20 Å². The molecule has 0 aliphatic carbocycles. The van der Waals surface area contributed by atoms with Crippen LogP contribution in [0.3, 0.4) is 0 Å². The molecule has 1 aliphatic rings. The molecule has 5 heterocycles. The largest absolute Gasteiger partial charge is 0.378 e. The monoisotopic (exact) mass is 364 g/mol. The molecule has 138 valence electrons. The Morgan fingerprint density at radius 2 is 2.00 bits per heavy atom. The zero-order valence-electron chi connectivity index (χ0n) is 15.3. The summed E-state index contributed by atoms with van der Waals surface area (Å²) in [6.45, 7) is 5.05. The Kier molecular flexibility index (Phi) is 3.68. The Morgan fingerprint density at radius 3 is 2.70 bits per heavy atom. The van der Waals surface area contributed by atoms with E-state index >= 15 is 0 Å². The molecule has 1 aliphatic heterocycles. The summed E-state index contributed by atoms with van der Waals surface area (Å²) in [5.41, 5.74) is 4.80. The molecule has 1 N–H and O–H groups in total. The Balaban J connectivity index is 1.79. The van der Waals surface area contributed by atoms with E-state index in [4.69, 9.17) is 14.8 Å². The lowest BCUT2D eigenvalue weighted by atomic mass is 10.1. The van der Waals surface area contributed by atoms with Gasteiger partial charge in [0.05, 0.1) is 30.1 Å². The van der Waals surface area contributed by atoms with Crippen molar-refractivity contribution in [3.63, 3.8) is 0 Å². The van der Waals surface area contributed by atoms with E-state index in [1.807, 2.05) is 41.5 Å². The van der Waals surface area contributed by atoms with Gasteiger partial charge < -0.3 is 9.64 Å². The molecule has 0 unspecified atom stereocenters. The standard InChI is InChI=1S/C18H20N8O/c1-12-17-13(15-4-6-20-24(15)2)11-16(25-7-9-27-10-8-25)23-26(17)18(21-12)14-3-5-19-22-14/h3-6,11H,7-10H2,1-2H3,(H,19,22). The summed E-state index contributed by atoms with van der Waals surface area (Å²) in [5, 5.41) is 16.3. The molecule has 5 rings (SSSR count). The molecule has 1 fully saturated rings. The third-order valence-electron chi connectivity index (χ3n) is 4.93. The van der Waals surface area contributed by atoms with E-state index in [2.05, 4.69) is 26.3 Å². The van der Waals surface area contributed by atoms with Crippen LogP contribution < -0.4 is 4.90 Å². The number of nitrogens with one attached hydrogen (secondary N) is 1. The molecule has 0 aromatic carbocycles. The number of nitrogens with zero attached hydrogens (tertiary/aromatic N) is 7. The molecule has 0 radical (unpaired) electrons. The summed E-state index contributed by atoms with van der Waals surface area (Å²) in [5.74, 6) is 1.65. The minimum absolute atomic E-state index is 0.705. The second-order valence-electron chi connectivity index (χ2n) is 6.61. The van der Waals surface area contributed by atoms with E-state index < -0.39 is 0 Å². The second-order valence-corrected chi connectivity index (χ2v) is 6.61. The molecule has 0 saturated carbocycles. The molecule has 0 bridgehead atoms. The maximum atomic E-state index is 5.50. The Hall–Kier alpha value is -3.20. The number of aryl methyl sites for hydroxylation is 2. The normalized spacial score (nSPS) is 15.0. The molecular weight excluding hydrogens is 344 g/mol. The number of hydrogen-bond donors (Lipinski definition) is 1. The summed E-state index contributed by atoms with van der Waals surface area (Å²) in [6.07, 6.45) is 3.53. The number of imidazole rings is 1. The number of anilines is 1. The first-order chi connectivity index (χ1) is 13.2. The summed E-state index contributed by atoms with van der Waals surface area (Å²) in [6, 6.07) is 6.05. The number of ether oxygens (including phenoxy) is 1. The average Bonchev–Trinajstić information content (AvgIpc) is 3.42. The van der Waals surface area contributed by atoms with Gasteiger partial charge in [0.25, 0.3) is 0 Å². The Morgan fingerprint density at radius 1 is 1.15 bits per heavy atom. The van der Waals surface area contributed by atoms with E-state index in [0.29, 0.717) is 13.2 Å². The highest BCUT2D eigenvalue weighted by atomic mass is 16.5. The lowest BCUT2D eigenvalue weighted by Crippen LogP contribution is -2.37. The summed E-state index contributed by atoms with van der Waals surface area (Å²) in [4.78, 5) is 7.02. The fourth-order valence-electron chi connectivity index (χ4n) is 3.59. The van der Waals surface area contributed by atoms with Crippen molar-refractivity contribution in [3.05, 3.63) is 36.3 Å². The third kappa shape index (κ3) is 2.58. The van der Waals surface area contributed by atoms with Crippen molar-refractivity contribution in [1.82, 2.24) is 34.6 Å². The fraction of sp³-hybridized carbons (Fsp3) is 0.333. The van der Waals surface area contributed by atoms with Gasteiger partial charge in [0, 0.05) is 38.1 Å². The lowest BCUT2D eigenvalue weighted by Gasteiger charge is -2.28. The average molecular weight is 364 g/mol. The molecular formula is C18H20N8O. The predicted molar refractivity (Wildman–Crippen MR) is 101 cm³/mol. The topological polar surface area (TPSA) is 89.2 Å². The Bertz CT molecular complexity index is 1090. The zero-order chi connectivity index (χ0) is 18.4. The number of morpholine rings is 1. The zero-order valence-corrected chi connectivity index (χ0v) is 15.3. The molecule has 9 heteroatoms. The van der Waals surface area contributed by atoms with Crippen molar-refractivity contribution < 1.29 is 4.74 Å². The number of aromatic amines is 1. The van der Waals surface area contributed by atoms with Crippen LogP contribution >= 0.6 is 0 Å². The highest BCUT2D eigenvalue weighted by Crippen LogP contribution is 2.32. The van der Waals surface area contributed by atoms with Crippen LogP contribution in [0.25, 0.3) is 28.3 Å². The van der Waals surface area contributed by atoms with Gasteiger partial charge in [-0.05, 0) is 25.1 Å². The van der Waals surface area contributed by atoms with Crippen LogP contribution in [0.15, 0.2) is 30.6 Å². The first-order valence-corrected chi connectivity index (χ1v) is 8.93. The number of hydrogen-bond acceptors (Lipinski definition) is 6. The summed E-state index contributed by atoms with van der Waals surface area (Å²) < 4.78 is 9.29. The van der Waals surface area contributed by atoms with Gasteiger partial charge in [-0.1, -0.05) is 0 Å². The number of rotatable bonds is 3. The Labute approximate surface area is 155 Å². The minimum atomic E-state index is 0.705. The van der Waals surface area contributed by atoms with Crippen molar-refractivity contribution in [2.75, 3.05) is 31.2 Å². The second kappa shape index (κ2) is 6.20. The summed E-state index contributed by atoms with van der Waals surface area (Å²) >= 11 is 0. The maximum absolute atomic E-state index is 5.50. The van der Waals surface area contributed by atoms with Crippen LogP contribution in [-0.2, 0) is 11.8 Å². The van der Waals surface area contributed by atoms with Crippen molar-refractivity contribution in [3.8, 4) is 22.8 Å². The van der Waals surface area contributed by atoms with Crippen molar-refractivity contribution in [2.45, 2.75) is 6.92 Å². The molecule has 0 amide bonds. The van der Waals surface area contributed by atoms with E-state index in [1.165, 1.54) is 0 Å². The third-order valence-corrected chi connectivity index (χ3v) is 4.93. The van der Waals surface area contributed by atoms with Gasteiger partial charge in [-0.2, -0.15) is 10.2 Å². The quantitative estimate of drug-likeness (QED) is 0.595. The number of fused-ring (bicyclic) bond motifs is 1. The van der Waals surface area contributed by atoms with Crippen molar-refractivity contribution in [1.29, 1.82) is 0 Å². The molecule has 4 aromatic heterocycles. The molecule has 0 atom stereocenters. The van der Waals surface area contributed by atoms with Gasteiger partial charge in [0.2, 0.25) is 0 Å². The summed E-state index contributed by atoms with van der Waals surface area (Å²) in [7, 11) is 1.95. The van der Waals surface area contributed by atoms with Gasteiger partial charge >= 0.3 is 0 Å². The number of aromatic nitrogens is 7. The van der Waals surface area contributed by atoms with Crippen molar-refractivity contribution in [2.24, 2.45) is 7.05 Å². The lowest BCUT2D eigenvalue weighted by molar-refractivity contribution is 0.122. The van der Waals surface area contributed by atoms with Gasteiger partial charge in [-0.3, -0.25) is 9.78 Å². The van der Waals surface area contributed by atoms with E-state index in [9.17, 15) is 0 Å². The minimum Gasteiger partial charge on any atom is -0.378 e. The molecule has 1 saturated heterocycles. The van der Waals surface area contributed by atoms with Gasteiger partial charge in [0.1, 0.15) is 11.5 Å². The van der Waals surface area contributed by atoms with Crippen LogP contribution in [0.1, 0.15) is 5.69 Å². The predicted octanol–water partition coefficient (Wildman–Crippen LogP) is 1.66. The maximum Gasteiger partial charge on any atom is 0.179 e. The van der Waals surface area contributed by atoms with Crippen LogP contribution in [0.4, 0.5) is 5.82 Å². The fourth-order valence-corrected chi connectivity index (χ4v) is 3.59. The van der Waals surface area contributed by atoms with Crippen LogP contribution in [0, 0.1) is 6.92 Å². The highest BCUT2D eigenvalue weighted by Gasteiger charge is 2.22. The van der Waals surface area contributed by atoms with Gasteiger partial charge in [-0.25, -0.2) is 9.50 Å². The van der Waals surface area contributed by atoms with Gasteiger partial charge in [0.15, 0.2) is 5.82 Å². The first-order valence-electron chi connectivity index (χ1n) is 8.93. The number of H-pyrrole nitrogens is 1. The molecule has 9 nitrogen and oxygen atoms in total. The molecule has 0 spiro atoms.